The van der Waals surface area contributed by atoms with Gasteiger partial charge in [0.05, 0.1) is 35.6 Å². The van der Waals surface area contributed by atoms with E-state index in [0.717, 1.165) is 32.6 Å². The van der Waals surface area contributed by atoms with E-state index in [9.17, 15) is 13.2 Å². The molecule has 0 unspecified atom stereocenters. The van der Waals surface area contributed by atoms with E-state index in [1.807, 2.05) is 45.3 Å². The van der Waals surface area contributed by atoms with Crippen molar-refractivity contribution in [1.29, 1.82) is 0 Å². The number of carbonyl (C=O) groups excluding carboxylic acids is 1. The molecule has 5 rings (SSSR count). The molecule has 0 N–H and O–H groups in total. The van der Waals surface area contributed by atoms with Gasteiger partial charge in [-0.15, -0.1) is 0 Å². The second-order valence-electron chi connectivity index (χ2n) is 10.6. The molecule has 232 valence electrons. The summed E-state index contributed by atoms with van der Waals surface area (Å²) in [5.41, 5.74) is 3.00. The number of ether oxygens (including phenoxy) is 2. The highest BCUT2D eigenvalue weighted by atomic mass is 32.2. The Labute approximate surface area is 266 Å². The van der Waals surface area contributed by atoms with E-state index in [-0.39, 0.29) is 34.3 Å². The summed E-state index contributed by atoms with van der Waals surface area (Å²) in [6.07, 6.45) is 4.59. The number of hydrogen-bond donors (Lipinski definition) is 0. The zero-order valence-electron chi connectivity index (χ0n) is 25.4. The summed E-state index contributed by atoms with van der Waals surface area (Å²) in [5, 5.41) is 0.547. The van der Waals surface area contributed by atoms with Crippen LogP contribution in [0.25, 0.3) is 10.9 Å². The molecule has 0 saturated heterocycles. The fraction of sp³-hybridized carbons (Fsp3) is 0.171. The monoisotopic (exact) mass is 644 g/mol. The SMILES string of the molecule is COc1ccc(COCc2c(Sc3cccc(C(=O)/C=C/N(C)C)c3)c(F)cc3c2ccn3S(=O)(=O)c2ccc(C)cc2)cc1. The van der Waals surface area contributed by atoms with Gasteiger partial charge < -0.3 is 14.4 Å². The molecule has 5 aromatic rings. The zero-order valence-corrected chi connectivity index (χ0v) is 27.0. The van der Waals surface area contributed by atoms with Gasteiger partial charge in [0.1, 0.15) is 11.6 Å². The molecule has 0 aliphatic carbocycles. The van der Waals surface area contributed by atoms with Gasteiger partial charge in [0, 0.05) is 60.0 Å². The number of carbonyl (C=O) groups is 1. The van der Waals surface area contributed by atoms with E-state index in [2.05, 4.69) is 0 Å². The first-order valence-corrected chi connectivity index (χ1v) is 16.3. The molecule has 0 aliphatic heterocycles. The fourth-order valence-electron chi connectivity index (χ4n) is 4.70. The molecular weight excluding hydrogens is 612 g/mol. The van der Waals surface area contributed by atoms with E-state index in [1.54, 1.807) is 60.7 Å². The van der Waals surface area contributed by atoms with Crippen molar-refractivity contribution < 1.29 is 27.1 Å². The second-order valence-corrected chi connectivity index (χ2v) is 13.5. The number of benzene rings is 4. The molecule has 0 atom stereocenters. The molecule has 0 fully saturated rings. The van der Waals surface area contributed by atoms with Crippen molar-refractivity contribution in [2.45, 2.75) is 34.8 Å². The first-order chi connectivity index (χ1) is 21.6. The molecule has 1 heterocycles. The van der Waals surface area contributed by atoms with Crippen LogP contribution in [0.1, 0.15) is 27.0 Å². The Bertz CT molecular complexity index is 1970. The van der Waals surface area contributed by atoms with Crippen LogP contribution in [-0.4, -0.2) is 44.3 Å². The first kappa shape index (κ1) is 32.0. The summed E-state index contributed by atoms with van der Waals surface area (Å²) in [4.78, 5) is 15.5. The molecule has 4 aromatic carbocycles. The number of fused-ring (bicyclic) bond motifs is 1. The lowest BCUT2D eigenvalue weighted by Gasteiger charge is -2.15. The predicted octanol–water partition coefficient (Wildman–Crippen LogP) is 7.46. The minimum absolute atomic E-state index is 0.0153. The van der Waals surface area contributed by atoms with Gasteiger partial charge in [-0.3, -0.25) is 4.79 Å². The molecule has 0 saturated carbocycles. The lowest BCUT2D eigenvalue weighted by Crippen LogP contribution is -2.12. The maximum Gasteiger partial charge on any atom is 0.268 e. The van der Waals surface area contributed by atoms with Crippen LogP contribution < -0.4 is 4.74 Å². The highest BCUT2D eigenvalue weighted by Gasteiger charge is 2.24. The Kier molecular flexibility index (Phi) is 9.77. The van der Waals surface area contributed by atoms with Crippen molar-refractivity contribution in [3.05, 3.63) is 131 Å². The summed E-state index contributed by atoms with van der Waals surface area (Å²) >= 11 is 1.16. The molecule has 1 aromatic heterocycles. The number of halogens is 1. The average Bonchev–Trinajstić information content (AvgIpc) is 3.46. The summed E-state index contributed by atoms with van der Waals surface area (Å²) in [6.45, 7) is 2.14. The number of hydrogen-bond acceptors (Lipinski definition) is 7. The average molecular weight is 645 g/mol. The zero-order chi connectivity index (χ0) is 32.1. The maximum atomic E-state index is 16.1. The van der Waals surface area contributed by atoms with Gasteiger partial charge in [-0.25, -0.2) is 16.8 Å². The van der Waals surface area contributed by atoms with Crippen LogP contribution in [-0.2, 0) is 28.0 Å². The van der Waals surface area contributed by atoms with Crippen LogP contribution in [0.5, 0.6) is 5.75 Å². The van der Waals surface area contributed by atoms with Crippen molar-refractivity contribution in [3.63, 3.8) is 0 Å². The van der Waals surface area contributed by atoms with Crippen LogP contribution in [0.4, 0.5) is 4.39 Å². The first-order valence-electron chi connectivity index (χ1n) is 14.1. The second kappa shape index (κ2) is 13.7. The standard InChI is InChI=1S/C35H33FN2O5S2/c1-24-8-14-29(15-9-24)45(40,41)38-19-16-30-31(23-43-22-25-10-12-27(42-4)13-11-25)35(32(36)21-33(30)38)44-28-7-5-6-26(20-28)34(39)17-18-37(2)3/h5-21H,22-23H2,1-4H3/b18-17+. The molecule has 10 heteroatoms. The highest BCUT2D eigenvalue weighted by molar-refractivity contribution is 7.99. The summed E-state index contributed by atoms with van der Waals surface area (Å²) in [5.74, 6) is -0.0549. The summed E-state index contributed by atoms with van der Waals surface area (Å²) in [7, 11) is 1.25. The van der Waals surface area contributed by atoms with Crippen molar-refractivity contribution in [2.24, 2.45) is 0 Å². The normalized spacial score (nSPS) is 11.8. The maximum absolute atomic E-state index is 16.1. The molecule has 0 bridgehead atoms. The van der Waals surface area contributed by atoms with E-state index in [0.29, 0.717) is 21.4 Å². The topological polar surface area (TPSA) is 77.8 Å². The fourth-order valence-corrected chi connectivity index (χ4v) is 7.05. The largest absolute Gasteiger partial charge is 0.497 e. The third-order valence-corrected chi connectivity index (χ3v) is 9.92. The van der Waals surface area contributed by atoms with E-state index in [4.69, 9.17) is 9.47 Å². The van der Waals surface area contributed by atoms with Crippen LogP contribution in [0.15, 0.2) is 118 Å². The van der Waals surface area contributed by atoms with Crippen molar-refractivity contribution in [1.82, 2.24) is 8.87 Å². The number of nitrogens with zero attached hydrogens (tertiary/aromatic N) is 2. The number of rotatable bonds is 12. The van der Waals surface area contributed by atoms with Crippen molar-refractivity contribution in [3.8, 4) is 5.75 Å². The number of aryl methyl sites for hydroxylation is 1. The van der Waals surface area contributed by atoms with Crippen LogP contribution in [0.3, 0.4) is 0 Å². The molecular formula is C35H33FN2O5S2. The van der Waals surface area contributed by atoms with E-state index in [1.165, 1.54) is 30.5 Å². The van der Waals surface area contributed by atoms with Crippen LogP contribution >= 0.6 is 11.8 Å². The quantitative estimate of drug-likeness (QED) is 0.103. The van der Waals surface area contributed by atoms with Gasteiger partial charge in [0.15, 0.2) is 5.78 Å². The smallest absolute Gasteiger partial charge is 0.268 e. The lowest BCUT2D eigenvalue weighted by molar-refractivity contribution is 0.104. The Morgan fingerprint density at radius 2 is 1.71 bits per heavy atom. The van der Waals surface area contributed by atoms with E-state index >= 15 is 4.39 Å². The molecule has 0 amide bonds. The molecule has 7 nitrogen and oxygen atoms in total. The number of methoxy groups -OCH3 is 1. The third-order valence-electron chi connectivity index (χ3n) is 7.08. The molecule has 0 spiro atoms. The molecule has 45 heavy (non-hydrogen) atoms. The molecule has 0 radical (unpaired) electrons. The Morgan fingerprint density at radius 3 is 2.40 bits per heavy atom. The number of ketones is 1. The Morgan fingerprint density at radius 1 is 0.978 bits per heavy atom. The van der Waals surface area contributed by atoms with Crippen molar-refractivity contribution >= 4 is 38.5 Å². The highest BCUT2D eigenvalue weighted by Crippen LogP contribution is 2.39. The van der Waals surface area contributed by atoms with Gasteiger partial charge in [0.2, 0.25) is 0 Å². The van der Waals surface area contributed by atoms with Gasteiger partial charge in [-0.2, -0.15) is 0 Å². The van der Waals surface area contributed by atoms with E-state index < -0.39 is 15.8 Å². The lowest BCUT2D eigenvalue weighted by atomic mass is 10.1. The summed E-state index contributed by atoms with van der Waals surface area (Å²) < 4.78 is 55.7. The summed E-state index contributed by atoms with van der Waals surface area (Å²) in [6, 6.07) is 23.8. The predicted molar refractivity (Wildman–Crippen MR) is 175 cm³/mol. The minimum Gasteiger partial charge on any atom is -0.497 e. The van der Waals surface area contributed by atoms with Gasteiger partial charge >= 0.3 is 0 Å². The number of allylic oxidation sites excluding steroid dienone is 1. The molecule has 0 aliphatic rings. The Hall–Kier alpha value is -4.38. The van der Waals surface area contributed by atoms with Gasteiger partial charge in [-0.05, 0) is 55.0 Å². The van der Waals surface area contributed by atoms with Crippen molar-refractivity contribution in [2.75, 3.05) is 21.2 Å². The number of aromatic nitrogens is 1. The van der Waals surface area contributed by atoms with Gasteiger partial charge in [-0.1, -0.05) is 53.7 Å². The third kappa shape index (κ3) is 7.30. The van der Waals surface area contributed by atoms with Crippen LogP contribution in [0.2, 0.25) is 0 Å². The van der Waals surface area contributed by atoms with Crippen LogP contribution in [0, 0.1) is 12.7 Å². The minimum atomic E-state index is -4.00. The Balaban J connectivity index is 1.54. The van der Waals surface area contributed by atoms with Gasteiger partial charge in [0.25, 0.3) is 10.0 Å².